The molecule has 0 fully saturated rings. The van der Waals surface area contributed by atoms with Gasteiger partial charge in [-0.1, -0.05) is 6.07 Å². The first-order valence-corrected chi connectivity index (χ1v) is 5.97. The number of carboxylic acids is 1. The lowest BCUT2D eigenvalue weighted by Crippen LogP contribution is -2.35. The molecule has 0 aromatic heterocycles. The van der Waals surface area contributed by atoms with E-state index in [2.05, 4.69) is 0 Å². The Labute approximate surface area is 110 Å². The topological polar surface area (TPSA) is 96.2 Å². The van der Waals surface area contributed by atoms with Crippen molar-refractivity contribution in [2.24, 2.45) is 0 Å². The Morgan fingerprint density at radius 2 is 2.32 bits per heavy atom. The lowest BCUT2D eigenvalue weighted by molar-refractivity contribution is 0.0690. The molecular weight excluding hydrogens is 251 g/mol. The summed E-state index contributed by atoms with van der Waals surface area (Å²) in [6.45, 7) is -0.0532. The van der Waals surface area contributed by atoms with E-state index in [-0.39, 0.29) is 29.5 Å². The summed E-state index contributed by atoms with van der Waals surface area (Å²) < 4.78 is 10.3. The molecule has 6 nitrogen and oxygen atoms in total. The highest BCUT2D eigenvalue weighted by atomic mass is 16.5. The number of carbonyl (C=O) groups is 1. The molecule has 1 atom stereocenters. The van der Waals surface area contributed by atoms with Gasteiger partial charge < -0.3 is 24.6 Å². The third-order valence-electron chi connectivity index (χ3n) is 3.26. The number of aliphatic hydroxyl groups excluding tert-OH is 1. The summed E-state index contributed by atoms with van der Waals surface area (Å²) in [6, 6.07) is 3.29. The number of benzene rings is 1. The first kappa shape index (κ1) is 13.7. The van der Waals surface area contributed by atoms with Gasteiger partial charge in [0.15, 0.2) is 0 Å². The standard InChI is InChI=1S/C12H15BO6/c1-18-9-3-2-7-6-8(4-5-14)13(17)19-11(7)10(9)12(15)16/h2-3,8,14,17H,4-6H2,1H3,(H,15,16). The van der Waals surface area contributed by atoms with E-state index in [1.807, 2.05) is 0 Å². The van der Waals surface area contributed by atoms with E-state index < -0.39 is 13.1 Å². The number of hydrogen-bond donors (Lipinski definition) is 3. The maximum Gasteiger partial charge on any atom is 0.526 e. The van der Waals surface area contributed by atoms with Crippen molar-refractivity contribution in [2.45, 2.75) is 18.7 Å². The maximum absolute atomic E-state index is 11.3. The zero-order valence-corrected chi connectivity index (χ0v) is 10.5. The Hall–Kier alpha value is -1.73. The van der Waals surface area contributed by atoms with E-state index in [1.54, 1.807) is 12.1 Å². The number of aliphatic hydroxyl groups is 1. The zero-order valence-electron chi connectivity index (χ0n) is 10.5. The minimum Gasteiger partial charge on any atom is -0.535 e. The van der Waals surface area contributed by atoms with Crippen LogP contribution in [0.1, 0.15) is 22.3 Å². The van der Waals surface area contributed by atoms with Crippen LogP contribution in [0.4, 0.5) is 0 Å². The number of aromatic carboxylic acids is 1. The number of methoxy groups -OCH3 is 1. The fourth-order valence-electron chi connectivity index (χ4n) is 2.29. The summed E-state index contributed by atoms with van der Waals surface area (Å²) in [5, 5.41) is 28.0. The van der Waals surface area contributed by atoms with Gasteiger partial charge >= 0.3 is 13.1 Å². The van der Waals surface area contributed by atoms with E-state index in [9.17, 15) is 14.9 Å². The van der Waals surface area contributed by atoms with E-state index in [4.69, 9.17) is 14.5 Å². The summed E-state index contributed by atoms with van der Waals surface area (Å²) in [6.07, 6.45) is 0.858. The molecule has 0 aliphatic carbocycles. The highest BCUT2D eigenvalue weighted by Gasteiger charge is 2.37. The van der Waals surface area contributed by atoms with Crippen molar-refractivity contribution in [3.8, 4) is 11.5 Å². The van der Waals surface area contributed by atoms with Crippen molar-refractivity contribution in [1.82, 2.24) is 0 Å². The number of ether oxygens (including phenoxy) is 1. The fourth-order valence-corrected chi connectivity index (χ4v) is 2.29. The molecule has 1 aliphatic rings. The van der Waals surface area contributed by atoms with E-state index in [1.165, 1.54) is 7.11 Å². The van der Waals surface area contributed by atoms with Crippen molar-refractivity contribution < 1.29 is 29.4 Å². The molecule has 3 N–H and O–H groups in total. The molecule has 19 heavy (non-hydrogen) atoms. The largest absolute Gasteiger partial charge is 0.535 e. The van der Waals surface area contributed by atoms with Gasteiger partial charge in [-0.2, -0.15) is 0 Å². The van der Waals surface area contributed by atoms with Gasteiger partial charge in [0.25, 0.3) is 0 Å². The SMILES string of the molecule is COc1ccc2c(c1C(=O)O)OB(O)C(CCO)C2. The Balaban J connectivity index is 2.44. The Morgan fingerprint density at radius 1 is 1.58 bits per heavy atom. The van der Waals surface area contributed by atoms with Gasteiger partial charge in [0, 0.05) is 12.4 Å². The number of hydrogen-bond acceptors (Lipinski definition) is 5. The van der Waals surface area contributed by atoms with Crippen LogP contribution < -0.4 is 9.39 Å². The van der Waals surface area contributed by atoms with Gasteiger partial charge in [-0.3, -0.25) is 0 Å². The van der Waals surface area contributed by atoms with Gasteiger partial charge in [0.1, 0.15) is 17.1 Å². The Morgan fingerprint density at radius 3 is 2.89 bits per heavy atom. The van der Waals surface area contributed by atoms with Crippen LogP contribution in [0.25, 0.3) is 0 Å². The summed E-state index contributed by atoms with van der Waals surface area (Å²) in [5.41, 5.74) is 0.614. The lowest BCUT2D eigenvalue weighted by Gasteiger charge is -2.28. The smallest absolute Gasteiger partial charge is 0.526 e. The molecular formula is C12H15BO6. The van der Waals surface area contributed by atoms with Crippen molar-refractivity contribution >= 4 is 13.1 Å². The third kappa shape index (κ3) is 2.52. The molecule has 0 radical (unpaired) electrons. The average Bonchev–Trinajstić information content (AvgIpc) is 2.38. The molecule has 1 unspecified atom stereocenters. The van der Waals surface area contributed by atoms with Crippen molar-refractivity contribution in [1.29, 1.82) is 0 Å². The molecule has 0 saturated heterocycles. The zero-order chi connectivity index (χ0) is 14.0. The van der Waals surface area contributed by atoms with Crippen molar-refractivity contribution in [2.75, 3.05) is 13.7 Å². The van der Waals surface area contributed by atoms with E-state index in [0.717, 1.165) is 0 Å². The van der Waals surface area contributed by atoms with Crippen LogP contribution in [0, 0.1) is 0 Å². The molecule has 0 bridgehead atoms. The van der Waals surface area contributed by atoms with Gasteiger partial charge in [-0.25, -0.2) is 4.79 Å². The van der Waals surface area contributed by atoms with Gasteiger partial charge in [-0.05, 0) is 24.5 Å². The predicted octanol–water partition coefficient (Wildman–Crippen LogP) is 0.561. The maximum atomic E-state index is 11.3. The monoisotopic (exact) mass is 266 g/mol. The number of fused-ring (bicyclic) bond motifs is 1. The first-order chi connectivity index (χ1) is 9.08. The van der Waals surface area contributed by atoms with Crippen LogP contribution in [-0.4, -0.2) is 42.0 Å². The summed E-state index contributed by atoms with van der Waals surface area (Å²) >= 11 is 0. The molecule has 102 valence electrons. The molecule has 1 aromatic carbocycles. The summed E-state index contributed by atoms with van der Waals surface area (Å²) in [4.78, 5) is 11.3. The molecule has 0 saturated carbocycles. The predicted molar refractivity (Wildman–Crippen MR) is 67.7 cm³/mol. The third-order valence-corrected chi connectivity index (χ3v) is 3.26. The van der Waals surface area contributed by atoms with Gasteiger partial charge in [0.2, 0.25) is 0 Å². The van der Waals surface area contributed by atoms with Crippen LogP contribution in [0.5, 0.6) is 11.5 Å². The van der Waals surface area contributed by atoms with Crippen molar-refractivity contribution in [3.63, 3.8) is 0 Å². The summed E-state index contributed by atoms with van der Waals surface area (Å²) in [5.74, 6) is -1.07. The van der Waals surface area contributed by atoms with Crippen LogP contribution in [-0.2, 0) is 6.42 Å². The molecule has 1 aliphatic heterocycles. The van der Waals surface area contributed by atoms with Crippen LogP contribution >= 0.6 is 0 Å². The average molecular weight is 266 g/mol. The van der Waals surface area contributed by atoms with Gasteiger partial charge in [0.05, 0.1) is 7.11 Å². The van der Waals surface area contributed by atoms with Gasteiger partial charge in [-0.15, -0.1) is 0 Å². The Kier molecular flexibility index (Phi) is 3.97. The lowest BCUT2D eigenvalue weighted by atomic mass is 9.65. The number of rotatable bonds is 4. The normalized spacial score (nSPS) is 17.6. The fraction of sp³-hybridized carbons (Fsp3) is 0.417. The van der Waals surface area contributed by atoms with Crippen LogP contribution in [0.3, 0.4) is 0 Å². The quantitative estimate of drug-likeness (QED) is 0.689. The molecule has 7 heteroatoms. The second kappa shape index (κ2) is 5.50. The van der Waals surface area contributed by atoms with E-state index in [0.29, 0.717) is 18.4 Å². The second-order valence-corrected chi connectivity index (χ2v) is 4.42. The van der Waals surface area contributed by atoms with Crippen LogP contribution in [0.15, 0.2) is 12.1 Å². The molecule has 0 amide bonds. The first-order valence-electron chi connectivity index (χ1n) is 5.97. The van der Waals surface area contributed by atoms with E-state index >= 15 is 0 Å². The second-order valence-electron chi connectivity index (χ2n) is 4.42. The highest BCUT2D eigenvalue weighted by molar-refractivity contribution is 6.46. The summed E-state index contributed by atoms with van der Waals surface area (Å²) in [7, 11) is 0.256. The Bertz CT molecular complexity index is 489. The molecule has 1 heterocycles. The minimum absolute atomic E-state index is 0.0532. The molecule has 0 spiro atoms. The number of carboxylic acid groups (broad SMARTS) is 1. The molecule has 1 aromatic rings. The highest BCUT2D eigenvalue weighted by Crippen LogP contribution is 2.39. The minimum atomic E-state index is -1.17. The molecule has 2 rings (SSSR count). The van der Waals surface area contributed by atoms with Crippen molar-refractivity contribution in [3.05, 3.63) is 23.3 Å². The van der Waals surface area contributed by atoms with Crippen LogP contribution in [0.2, 0.25) is 5.82 Å².